The zero-order chi connectivity index (χ0) is 20.3. The number of nitro benzene ring substituents is 1. The third-order valence-electron chi connectivity index (χ3n) is 4.48. The molecule has 0 aliphatic carbocycles. The van der Waals surface area contributed by atoms with Crippen LogP contribution in [0.5, 0.6) is 0 Å². The number of carbonyl (C=O) groups is 1. The number of carbonyl (C=O) groups excluding carboxylic acids is 1. The van der Waals surface area contributed by atoms with Crippen LogP contribution >= 0.6 is 0 Å². The van der Waals surface area contributed by atoms with Gasteiger partial charge < -0.3 is 10.2 Å². The molecule has 0 atom stereocenters. The number of piperazine rings is 1. The van der Waals surface area contributed by atoms with Gasteiger partial charge in [-0.15, -0.1) is 0 Å². The molecular formula is C19H20FN5O3. The monoisotopic (exact) mass is 385 g/mol. The number of benzene rings is 2. The Kier molecular flexibility index (Phi) is 5.65. The number of hydrogen-bond acceptors (Lipinski definition) is 5. The third kappa shape index (κ3) is 4.32. The predicted molar refractivity (Wildman–Crippen MR) is 105 cm³/mol. The lowest BCUT2D eigenvalue weighted by molar-refractivity contribution is -0.384. The summed E-state index contributed by atoms with van der Waals surface area (Å²) in [6.45, 7) is 2.25. The highest BCUT2D eigenvalue weighted by Crippen LogP contribution is 2.27. The molecule has 1 heterocycles. The van der Waals surface area contributed by atoms with E-state index in [2.05, 4.69) is 15.2 Å². The first-order valence-corrected chi connectivity index (χ1v) is 8.66. The van der Waals surface area contributed by atoms with Gasteiger partial charge in [-0.25, -0.2) is 9.38 Å². The fourth-order valence-electron chi connectivity index (χ4n) is 2.82. The first-order valence-electron chi connectivity index (χ1n) is 8.66. The number of anilines is 1. The first-order chi connectivity index (χ1) is 13.3. The average Bonchev–Trinajstić information content (AvgIpc) is 2.66. The van der Waals surface area contributed by atoms with Crippen LogP contribution in [0.1, 0.15) is 10.4 Å². The Labute approximate surface area is 161 Å². The van der Waals surface area contributed by atoms with E-state index in [1.54, 1.807) is 6.07 Å². The van der Waals surface area contributed by atoms with Gasteiger partial charge in [0.2, 0.25) is 0 Å². The zero-order valence-corrected chi connectivity index (χ0v) is 15.6. The van der Waals surface area contributed by atoms with Crippen molar-refractivity contribution in [1.29, 1.82) is 0 Å². The highest BCUT2D eigenvalue weighted by atomic mass is 19.1. The smallest absolute Gasteiger partial charge is 0.270 e. The summed E-state index contributed by atoms with van der Waals surface area (Å²) in [6, 6.07) is 9.61. The lowest BCUT2D eigenvalue weighted by Gasteiger charge is -2.32. The summed E-state index contributed by atoms with van der Waals surface area (Å²) in [5.74, 6) is -0.523. The van der Waals surface area contributed by atoms with Crippen molar-refractivity contribution in [2.75, 3.05) is 39.0 Å². The molecule has 1 saturated heterocycles. The molecule has 2 aromatic rings. The maximum Gasteiger partial charge on any atom is 0.270 e. The van der Waals surface area contributed by atoms with Crippen LogP contribution in [0.4, 0.5) is 21.5 Å². The molecule has 9 heteroatoms. The van der Waals surface area contributed by atoms with E-state index in [0.717, 1.165) is 25.0 Å². The number of amidine groups is 1. The van der Waals surface area contributed by atoms with Crippen molar-refractivity contribution >= 4 is 28.8 Å². The number of likely N-dealkylation sites (N-methyl/N-ethyl adjacent to an activating group) is 2. The molecule has 8 nitrogen and oxygen atoms in total. The van der Waals surface area contributed by atoms with Crippen LogP contribution in [0.25, 0.3) is 0 Å². The van der Waals surface area contributed by atoms with Crippen molar-refractivity contribution in [3.63, 3.8) is 0 Å². The van der Waals surface area contributed by atoms with Gasteiger partial charge in [-0.3, -0.25) is 19.8 Å². The van der Waals surface area contributed by atoms with Crippen molar-refractivity contribution < 1.29 is 14.1 Å². The number of nitrogens with zero attached hydrogens (tertiary/aromatic N) is 4. The molecule has 0 spiro atoms. The first kappa shape index (κ1) is 19.4. The lowest BCUT2D eigenvalue weighted by atomic mass is 10.1. The van der Waals surface area contributed by atoms with Gasteiger partial charge in [-0.1, -0.05) is 12.1 Å². The molecule has 28 heavy (non-hydrogen) atoms. The van der Waals surface area contributed by atoms with Gasteiger partial charge in [0, 0.05) is 32.3 Å². The summed E-state index contributed by atoms with van der Waals surface area (Å²) in [7, 11) is 3.86. The van der Waals surface area contributed by atoms with Crippen LogP contribution in [-0.2, 0) is 0 Å². The number of halogens is 1. The highest BCUT2D eigenvalue weighted by Gasteiger charge is 2.21. The Morgan fingerprint density at radius 3 is 2.68 bits per heavy atom. The molecule has 0 aromatic heterocycles. The number of nitrogens with one attached hydrogen (secondary N) is 1. The Hall–Kier alpha value is -3.33. The largest absolute Gasteiger partial charge is 0.361 e. The second kappa shape index (κ2) is 8.13. The zero-order valence-electron chi connectivity index (χ0n) is 15.6. The van der Waals surface area contributed by atoms with Crippen molar-refractivity contribution in [2.45, 2.75) is 0 Å². The fourth-order valence-corrected chi connectivity index (χ4v) is 2.82. The Bertz CT molecular complexity index is 947. The molecule has 0 unspecified atom stereocenters. The van der Waals surface area contributed by atoms with Crippen LogP contribution in [0.15, 0.2) is 47.5 Å². The van der Waals surface area contributed by atoms with Gasteiger partial charge in [0.1, 0.15) is 11.7 Å². The fraction of sp³-hybridized carbons (Fsp3) is 0.263. The van der Waals surface area contributed by atoms with Crippen molar-refractivity contribution in [1.82, 2.24) is 9.80 Å². The molecule has 146 valence electrons. The minimum absolute atomic E-state index is 0.00609. The molecule has 0 radical (unpaired) electrons. The van der Waals surface area contributed by atoms with E-state index in [1.807, 2.05) is 19.0 Å². The van der Waals surface area contributed by atoms with Gasteiger partial charge in [0.25, 0.3) is 11.6 Å². The van der Waals surface area contributed by atoms with E-state index in [9.17, 15) is 19.3 Å². The number of nitro groups is 1. The molecule has 1 aliphatic heterocycles. The number of rotatable bonds is 4. The summed E-state index contributed by atoms with van der Waals surface area (Å²) >= 11 is 0. The molecule has 1 N–H and O–H groups in total. The summed E-state index contributed by atoms with van der Waals surface area (Å²) in [5.41, 5.74) is 0.0482. The maximum absolute atomic E-state index is 13.9. The molecule has 1 aliphatic rings. The number of aliphatic imine (C=N–C) groups is 1. The van der Waals surface area contributed by atoms with Crippen molar-refractivity contribution in [3.05, 3.63) is 64.0 Å². The van der Waals surface area contributed by atoms with Crippen molar-refractivity contribution in [2.24, 2.45) is 4.99 Å². The highest BCUT2D eigenvalue weighted by molar-refractivity contribution is 6.08. The van der Waals surface area contributed by atoms with E-state index in [0.29, 0.717) is 6.54 Å². The number of non-ortho nitro benzene ring substituents is 1. The Morgan fingerprint density at radius 1 is 1.21 bits per heavy atom. The molecule has 0 bridgehead atoms. The maximum atomic E-state index is 13.9. The minimum atomic E-state index is -0.667. The average molecular weight is 385 g/mol. The molecule has 1 fully saturated rings. The van der Waals surface area contributed by atoms with Crippen molar-refractivity contribution in [3.8, 4) is 0 Å². The summed E-state index contributed by atoms with van der Waals surface area (Å²) in [6.07, 6.45) is 0. The Morgan fingerprint density at radius 2 is 1.96 bits per heavy atom. The minimum Gasteiger partial charge on any atom is -0.361 e. The van der Waals surface area contributed by atoms with Gasteiger partial charge in [0.15, 0.2) is 0 Å². The molecule has 2 aromatic carbocycles. The van der Waals surface area contributed by atoms with Crippen LogP contribution in [0.2, 0.25) is 0 Å². The van der Waals surface area contributed by atoms with Crippen LogP contribution in [-0.4, -0.2) is 60.2 Å². The standard InChI is InChI=1S/C19H20FN5O3/c1-23-9-10-24(2)18(12-23)21-16-8-7-13(25(27)28)11-14(16)19(26)22-17-6-4-3-5-15(17)20/h3-8,11H,9-10,12H2,1-2H3,(H,22,26)/b21-18-. The lowest BCUT2D eigenvalue weighted by Crippen LogP contribution is -2.46. The summed E-state index contributed by atoms with van der Waals surface area (Å²) in [5, 5.41) is 13.6. The predicted octanol–water partition coefficient (Wildman–Crippen LogP) is 2.89. The van der Waals surface area contributed by atoms with Gasteiger partial charge in [0.05, 0.1) is 28.4 Å². The number of amides is 1. The SMILES string of the molecule is CN1CCN(C)/C(=N\c2ccc([N+](=O)[O-])cc2C(=O)Nc2ccccc2F)C1. The van der Waals surface area contributed by atoms with E-state index in [4.69, 9.17) is 0 Å². The summed E-state index contributed by atoms with van der Waals surface area (Å²) < 4.78 is 13.9. The van der Waals surface area contributed by atoms with Gasteiger partial charge >= 0.3 is 0 Å². The van der Waals surface area contributed by atoms with Gasteiger partial charge in [-0.05, 0) is 25.2 Å². The van der Waals surface area contributed by atoms with E-state index >= 15 is 0 Å². The topological polar surface area (TPSA) is 91.1 Å². The summed E-state index contributed by atoms with van der Waals surface area (Å²) in [4.78, 5) is 31.9. The number of hydrogen-bond donors (Lipinski definition) is 1. The van der Waals surface area contributed by atoms with Crippen LogP contribution in [0, 0.1) is 15.9 Å². The molecule has 0 saturated carbocycles. The molecule has 3 rings (SSSR count). The van der Waals surface area contributed by atoms with Crippen LogP contribution in [0.3, 0.4) is 0 Å². The molecular weight excluding hydrogens is 365 g/mol. The van der Waals surface area contributed by atoms with E-state index in [1.165, 1.54) is 30.3 Å². The van der Waals surface area contributed by atoms with E-state index < -0.39 is 16.6 Å². The quantitative estimate of drug-likeness (QED) is 0.645. The van der Waals surface area contributed by atoms with Gasteiger partial charge in [-0.2, -0.15) is 0 Å². The Balaban J connectivity index is 2.00. The second-order valence-corrected chi connectivity index (χ2v) is 6.58. The third-order valence-corrected chi connectivity index (χ3v) is 4.48. The number of para-hydroxylation sites is 1. The normalized spacial score (nSPS) is 16.2. The van der Waals surface area contributed by atoms with Crippen LogP contribution < -0.4 is 5.32 Å². The second-order valence-electron chi connectivity index (χ2n) is 6.58. The molecule has 1 amide bonds. The van der Waals surface area contributed by atoms with E-state index in [-0.39, 0.29) is 22.6 Å².